The van der Waals surface area contributed by atoms with Gasteiger partial charge in [0.05, 0.1) is 25.3 Å². The van der Waals surface area contributed by atoms with Gasteiger partial charge in [-0.15, -0.1) is 0 Å². The fourth-order valence-corrected chi connectivity index (χ4v) is 4.85. The molecule has 37 heavy (non-hydrogen) atoms. The van der Waals surface area contributed by atoms with Crippen molar-refractivity contribution in [3.8, 4) is 45.0 Å². The Kier molecular flexibility index (Phi) is 6.67. The topological polar surface area (TPSA) is 86.4 Å². The molecular weight excluding hydrogens is 530 g/mol. The summed E-state index contributed by atoms with van der Waals surface area (Å²) in [6.45, 7) is 0. The molecule has 0 atom stereocenters. The number of nitrogen functional groups attached to an aromatic ring is 1. The van der Waals surface area contributed by atoms with Gasteiger partial charge in [-0.3, -0.25) is 0 Å². The molecule has 0 unspecified atom stereocenters. The third-order valence-corrected chi connectivity index (χ3v) is 6.75. The lowest BCUT2D eigenvalue weighted by molar-refractivity contribution is 0.355. The highest BCUT2D eigenvalue weighted by Crippen LogP contribution is 2.46. The Morgan fingerprint density at radius 1 is 0.784 bits per heavy atom. The highest BCUT2D eigenvalue weighted by Gasteiger charge is 2.23. The third-order valence-electron chi connectivity index (χ3n) is 6.25. The van der Waals surface area contributed by atoms with Crippen molar-refractivity contribution in [2.75, 3.05) is 38.9 Å². The van der Waals surface area contributed by atoms with E-state index in [4.69, 9.17) is 20.2 Å². The van der Waals surface area contributed by atoms with E-state index in [1.165, 1.54) is 6.33 Å². The van der Waals surface area contributed by atoms with Crippen LogP contribution in [0.2, 0.25) is 0 Å². The molecule has 2 N–H and O–H groups in total. The van der Waals surface area contributed by atoms with Crippen molar-refractivity contribution >= 4 is 38.5 Å². The van der Waals surface area contributed by atoms with Crippen LogP contribution in [0.25, 0.3) is 44.5 Å². The minimum atomic E-state index is 0.365. The van der Waals surface area contributed by atoms with Gasteiger partial charge in [0.1, 0.15) is 12.1 Å². The number of nitrogens with zero attached hydrogens (tertiary/aromatic N) is 4. The number of aromatic nitrogens is 3. The van der Waals surface area contributed by atoms with Crippen LogP contribution in [-0.2, 0) is 0 Å². The maximum atomic E-state index is 6.47. The number of pyridine rings is 1. The number of ether oxygens (including phenoxy) is 2. The first-order valence-electron chi connectivity index (χ1n) is 11.6. The summed E-state index contributed by atoms with van der Waals surface area (Å²) in [6.07, 6.45) is 1.45. The van der Waals surface area contributed by atoms with Crippen molar-refractivity contribution in [1.29, 1.82) is 0 Å². The van der Waals surface area contributed by atoms with Gasteiger partial charge in [-0.2, -0.15) is 0 Å². The lowest BCUT2D eigenvalue weighted by atomic mass is 9.88. The fraction of sp³-hybridized carbons (Fsp3) is 0.138. The summed E-state index contributed by atoms with van der Waals surface area (Å²) in [5.74, 6) is 1.62. The smallest absolute Gasteiger partial charge is 0.165 e. The molecule has 0 saturated carbocycles. The quantitative estimate of drug-likeness (QED) is 0.257. The van der Waals surface area contributed by atoms with Crippen molar-refractivity contribution < 1.29 is 9.47 Å². The van der Waals surface area contributed by atoms with E-state index in [-0.39, 0.29) is 0 Å². The summed E-state index contributed by atoms with van der Waals surface area (Å²) >= 11 is 3.63. The molecule has 0 aliphatic heterocycles. The molecule has 0 saturated heterocycles. The Morgan fingerprint density at radius 3 is 2.16 bits per heavy atom. The summed E-state index contributed by atoms with van der Waals surface area (Å²) < 4.78 is 12.1. The maximum absolute atomic E-state index is 6.47. The number of hydrogen-bond donors (Lipinski definition) is 1. The number of fused-ring (bicyclic) bond motifs is 1. The van der Waals surface area contributed by atoms with Crippen molar-refractivity contribution in [3.05, 3.63) is 77.5 Å². The number of methoxy groups -OCH3 is 2. The van der Waals surface area contributed by atoms with E-state index in [1.54, 1.807) is 14.2 Å². The minimum Gasteiger partial charge on any atom is -0.493 e. The van der Waals surface area contributed by atoms with Crippen LogP contribution in [0.1, 0.15) is 0 Å². The first-order chi connectivity index (χ1) is 17.9. The highest BCUT2D eigenvalue weighted by molar-refractivity contribution is 9.10. The Hall–Kier alpha value is -4.17. The molecule has 7 nitrogen and oxygen atoms in total. The van der Waals surface area contributed by atoms with Crippen LogP contribution < -0.4 is 20.1 Å². The van der Waals surface area contributed by atoms with Gasteiger partial charge >= 0.3 is 0 Å². The predicted molar refractivity (Wildman–Crippen MR) is 153 cm³/mol. The van der Waals surface area contributed by atoms with E-state index >= 15 is 0 Å². The summed E-state index contributed by atoms with van der Waals surface area (Å²) in [5, 5.41) is 0.694. The highest BCUT2D eigenvalue weighted by atomic mass is 79.9. The fourth-order valence-electron chi connectivity index (χ4n) is 4.45. The lowest BCUT2D eigenvalue weighted by Gasteiger charge is -2.20. The van der Waals surface area contributed by atoms with Gasteiger partial charge in [0.15, 0.2) is 17.1 Å². The maximum Gasteiger partial charge on any atom is 0.165 e. The molecule has 2 aromatic heterocycles. The van der Waals surface area contributed by atoms with Gasteiger partial charge in [-0.1, -0.05) is 46.3 Å². The van der Waals surface area contributed by atoms with E-state index in [1.807, 2.05) is 44.4 Å². The van der Waals surface area contributed by atoms with Crippen LogP contribution in [0.4, 0.5) is 11.5 Å². The second kappa shape index (κ2) is 10.1. The third kappa shape index (κ3) is 4.56. The van der Waals surface area contributed by atoms with Crippen LogP contribution in [0.15, 0.2) is 77.5 Å². The minimum absolute atomic E-state index is 0.365. The second-order valence-electron chi connectivity index (χ2n) is 8.69. The molecule has 0 aliphatic carbocycles. The predicted octanol–water partition coefficient (Wildman–Crippen LogP) is 6.45. The average Bonchev–Trinajstić information content (AvgIpc) is 2.92. The molecule has 5 aromatic rings. The van der Waals surface area contributed by atoms with E-state index < -0.39 is 0 Å². The lowest BCUT2D eigenvalue weighted by Crippen LogP contribution is -2.08. The zero-order chi connectivity index (χ0) is 26.1. The Bertz CT molecular complexity index is 1600. The Balaban J connectivity index is 1.94. The van der Waals surface area contributed by atoms with Gasteiger partial charge in [0.2, 0.25) is 0 Å². The van der Waals surface area contributed by atoms with Crippen LogP contribution in [0.5, 0.6) is 11.5 Å². The number of benzene rings is 3. The first-order valence-corrected chi connectivity index (χ1v) is 12.4. The molecule has 0 aliphatic rings. The monoisotopic (exact) mass is 555 g/mol. The summed E-state index contributed by atoms with van der Waals surface area (Å²) in [5.41, 5.74) is 13.5. The Labute approximate surface area is 224 Å². The first kappa shape index (κ1) is 24.5. The zero-order valence-corrected chi connectivity index (χ0v) is 22.6. The zero-order valence-electron chi connectivity index (χ0n) is 21.0. The number of anilines is 2. The van der Waals surface area contributed by atoms with Crippen LogP contribution in [0, 0.1) is 0 Å². The summed E-state index contributed by atoms with van der Waals surface area (Å²) in [4.78, 5) is 15.9. The number of halogens is 1. The summed E-state index contributed by atoms with van der Waals surface area (Å²) in [6, 6.07) is 22.3. The second-order valence-corrected chi connectivity index (χ2v) is 9.61. The van der Waals surface area contributed by atoms with Crippen molar-refractivity contribution in [3.63, 3.8) is 0 Å². The number of hydrogen-bond acceptors (Lipinski definition) is 7. The van der Waals surface area contributed by atoms with Crippen molar-refractivity contribution in [2.45, 2.75) is 0 Å². The van der Waals surface area contributed by atoms with Crippen molar-refractivity contribution in [2.24, 2.45) is 0 Å². The molecule has 0 radical (unpaired) electrons. The van der Waals surface area contributed by atoms with E-state index in [0.29, 0.717) is 28.4 Å². The SMILES string of the molecule is COc1ccc(-c2c(-c3ccc(N(C)C)cc3)nc3ncnc(N)c3c2-c2cccc(Br)c2)cc1OC. The molecular formula is C29H26BrN5O2. The van der Waals surface area contributed by atoms with Crippen LogP contribution >= 0.6 is 15.9 Å². The molecule has 8 heteroatoms. The molecule has 0 spiro atoms. The van der Waals surface area contributed by atoms with E-state index in [0.717, 1.165) is 43.7 Å². The van der Waals surface area contributed by atoms with Gasteiger partial charge in [0.25, 0.3) is 0 Å². The van der Waals surface area contributed by atoms with Gasteiger partial charge in [0, 0.05) is 40.9 Å². The van der Waals surface area contributed by atoms with Gasteiger partial charge in [-0.05, 0) is 47.5 Å². The molecule has 3 aromatic carbocycles. The summed E-state index contributed by atoms with van der Waals surface area (Å²) in [7, 11) is 7.28. The molecule has 0 amide bonds. The molecule has 186 valence electrons. The van der Waals surface area contributed by atoms with E-state index in [9.17, 15) is 0 Å². The standard InChI is InChI=1S/C29H26BrN5O2/c1-35(2)21-11-8-17(9-12-21)27-25(19-10-13-22(36-3)23(15-19)37-4)24(18-6-5-7-20(30)14-18)26-28(31)32-16-33-29(26)34-27/h5-16H,1-4H3,(H2,31,32,33,34). The molecule has 5 rings (SSSR count). The van der Waals surface area contributed by atoms with Crippen molar-refractivity contribution in [1.82, 2.24) is 15.0 Å². The Morgan fingerprint density at radius 2 is 1.49 bits per heavy atom. The normalized spacial score (nSPS) is 10.9. The average molecular weight is 556 g/mol. The van der Waals surface area contributed by atoms with Gasteiger partial charge < -0.3 is 20.1 Å². The molecule has 0 bridgehead atoms. The number of rotatable bonds is 6. The molecule has 0 fully saturated rings. The number of nitrogens with two attached hydrogens (primary N) is 1. The van der Waals surface area contributed by atoms with E-state index in [2.05, 4.69) is 67.2 Å². The van der Waals surface area contributed by atoms with Crippen LogP contribution in [-0.4, -0.2) is 43.3 Å². The molecule has 2 heterocycles. The van der Waals surface area contributed by atoms with Gasteiger partial charge in [-0.25, -0.2) is 15.0 Å². The van der Waals surface area contributed by atoms with Crippen LogP contribution in [0.3, 0.4) is 0 Å². The largest absolute Gasteiger partial charge is 0.493 e.